The number of nitrogens with one attached hydrogen (secondary N) is 3. The molecule has 1 aliphatic rings. The minimum Gasteiger partial charge on any atom is -0.495 e. The summed E-state index contributed by atoms with van der Waals surface area (Å²) < 4.78 is 6.82. The van der Waals surface area contributed by atoms with Crippen LogP contribution in [0.5, 0.6) is 5.75 Å². The fourth-order valence-electron chi connectivity index (χ4n) is 3.13. The predicted molar refractivity (Wildman–Crippen MR) is 107 cm³/mol. The van der Waals surface area contributed by atoms with E-state index in [9.17, 15) is 0 Å². The first kappa shape index (κ1) is 18.0. The van der Waals surface area contributed by atoms with Gasteiger partial charge in [-0.3, -0.25) is 0 Å². The highest BCUT2D eigenvalue weighted by Crippen LogP contribution is 2.26. The summed E-state index contributed by atoms with van der Waals surface area (Å²) in [5.41, 5.74) is 6.81. The van der Waals surface area contributed by atoms with E-state index in [1.54, 1.807) is 7.11 Å². The normalized spacial score (nSPS) is 14.6. The average molecular weight is 381 g/mol. The molecule has 10 heteroatoms. The summed E-state index contributed by atoms with van der Waals surface area (Å²) in [5, 5.41) is 14.3. The third-order valence-electron chi connectivity index (χ3n) is 4.55. The summed E-state index contributed by atoms with van der Waals surface area (Å²) in [6, 6.07) is 9.73. The molecule has 0 bridgehead atoms. The molecule has 28 heavy (non-hydrogen) atoms. The van der Waals surface area contributed by atoms with Crippen molar-refractivity contribution < 1.29 is 4.74 Å². The predicted octanol–water partition coefficient (Wildman–Crippen LogP) is 1.56. The molecule has 10 nitrogen and oxygen atoms in total. The van der Waals surface area contributed by atoms with E-state index < -0.39 is 0 Å². The van der Waals surface area contributed by atoms with Gasteiger partial charge in [-0.15, -0.1) is 5.10 Å². The number of hydrogen-bond donors (Lipinski definition) is 4. The van der Waals surface area contributed by atoms with Gasteiger partial charge in [-0.25, -0.2) is 9.97 Å². The number of anilines is 4. The van der Waals surface area contributed by atoms with E-state index in [0.29, 0.717) is 23.6 Å². The van der Waals surface area contributed by atoms with Crippen LogP contribution in [-0.2, 0) is 0 Å². The van der Waals surface area contributed by atoms with Crippen molar-refractivity contribution in [3.8, 4) is 11.6 Å². The second kappa shape index (κ2) is 8.09. The Morgan fingerprint density at radius 1 is 1.21 bits per heavy atom. The van der Waals surface area contributed by atoms with Crippen molar-refractivity contribution in [2.24, 2.45) is 0 Å². The number of para-hydroxylation sites is 2. The van der Waals surface area contributed by atoms with Crippen LogP contribution >= 0.6 is 0 Å². The van der Waals surface area contributed by atoms with Gasteiger partial charge in [0.25, 0.3) is 0 Å². The molecule has 0 unspecified atom stereocenters. The van der Waals surface area contributed by atoms with E-state index >= 15 is 0 Å². The molecule has 146 valence electrons. The average Bonchev–Trinajstić information content (AvgIpc) is 3.09. The van der Waals surface area contributed by atoms with Crippen LogP contribution in [0.25, 0.3) is 5.82 Å². The number of nitrogens with two attached hydrogens (primary N) is 1. The Balaban J connectivity index is 1.54. The number of methoxy groups -OCH3 is 1. The zero-order chi connectivity index (χ0) is 19.3. The van der Waals surface area contributed by atoms with Gasteiger partial charge in [-0.1, -0.05) is 12.1 Å². The number of nitrogens with zero attached hydrogens (tertiary/aromatic N) is 5. The molecular formula is C18H23N9O. The molecular weight excluding hydrogens is 358 g/mol. The zero-order valence-corrected chi connectivity index (χ0v) is 15.6. The van der Waals surface area contributed by atoms with Crippen LogP contribution < -0.4 is 26.4 Å². The number of ether oxygens (including phenoxy) is 1. The Labute approximate surface area is 162 Å². The maximum atomic E-state index is 6.06. The minimum atomic E-state index is 0.226. The van der Waals surface area contributed by atoms with Crippen LogP contribution in [0.1, 0.15) is 12.8 Å². The van der Waals surface area contributed by atoms with Crippen molar-refractivity contribution in [2.45, 2.75) is 18.9 Å². The number of rotatable bonds is 6. The van der Waals surface area contributed by atoms with E-state index in [4.69, 9.17) is 10.5 Å². The van der Waals surface area contributed by atoms with Crippen LogP contribution in [0.3, 0.4) is 0 Å². The maximum Gasteiger partial charge on any atom is 0.249 e. The molecule has 1 aromatic carbocycles. The minimum absolute atomic E-state index is 0.226. The summed E-state index contributed by atoms with van der Waals surface area (Å²) in [7, 11) is 1.61. The first-order valence-corrected chi connectivity index (χ1v) is 9.15. The monoisotopic (exact) mass is 381 g/mol. The van der Waals surface area contributed by atoms with Crippen molar-refractivity contribution in [1.82, 2.24) is 30.0 Å². The second-order valence-corrected chi connectivity index (χ2v) is 6.46. The van der Waals surface area contributed by atoms with E-state index in [-0.39, 0.29) is 5.95 Å². The lowest BCUT2D eigenvalue weighted by molar-refractivity contribution is 0.417. The number of hydrogen-bond acceptors (Lipinski definition) is 9. The standard InChI is InChI=1S/C18H23N9O/c1-28-14-5-3-2-4-13(14)24-18-25-17(19)27(26-18)16-10-15(21-11-22-16)23-12-6-8-20-9-7-12/h2-5,10-12,20H,6-9H2,1H3,(H,21,22,23)(H3,19,24,25,26). The fraction of sp³-hybridized carbons (Fsp3) is 0.333. The van der Waals surface area contributed by atoms with E-state index in [1.807, 2.05) is 30.3 Å². The Hall–Kier alpha value is -3.40. The van der Waals surface area contributed by atoms with E-state index in [1.165, 1.54) is 11.0 Å². The van der Waals surface area contributed by atoms with Gasteiger partial charge in [0, 0.05) is 12.1 Å². The quantitative estimate of drug-likeness (QED) is 0.503. The SMILES string of the molecule is COc1ccccc1Nc1nc(N)n(-c2cc(NC3CCNCC3)ncn2)n1. The summed E-state index contributed by atoms with van der Waals surface area (Å²) in [4.78, 5) is 12.9. The number of piperidine rings is 1. The Kier molecular flexibility index (Phi) is 5.20. The Morgan fingerprint density at radius 3 is 2.86 bits per heavy atom. The third kappa shape index (κ3) is 3.96. The first-order valence-electron chi connectivity index (χ1n) is 9.15. The lowest BCUT2D eigenvalue weighted by Gasteiger charge is -2.24. The molecule has 3 aromatic rings. The Bertz CT molecular complexity index is 936. The summed E-state index contributed by atoms with van der Waals surface area (Å²) in [6.07, 6.45) is 3.60. The van der Waals surface area contributed by atoms with Crippen LogP contribution in [0.2, 0.25) is 0 Å². The van der Waals surface area contributed by atoms with Gasteiger partial charge in [0.05, 0.1) is 12.8 Å². The lowest BCUT2D eigenvalue weighted by Crippen LogP contribution is -2.35. The molecule has 4 rings (SSSR count). The van der Waals surface area contributed by atoms with Crippen molar-refractivity contribution in [3.05, 3.63) is 36.7 Å². The van der Waals surface area contributed by atoms with Crippen molar-refractivity contribution >= 4 is 23.4 Å². The van der Waals surface area contributed by atoms with Gasteiger partial charge in [-0.2, -0.15) is 9.67 Å². The third-order valence-corrected chi connectivity index (χ3v) is 4.55. The lowest BCUT2D eigenvalue weighted by atomic mass is 10.1. The molecule has 5 N–H and O–H groups in total. The molecule has 0 aliphatic carbocycles. The highest BCUT2D eigenvalue weighted by Gasteiger charge is 2.15. The topological polar surface area (TPSA) is 128 Å². The number of nitrogen functional groups attached to an aromatic ring is 1. The Morgan fingerprint density at radius 2 is 2.04 bits per heavy atom. The molecule has 0 amide bonds. The summed E-state index contributed by atoms with van der Waals surface area (Å²) >= 11 is 0. The molecule has 3 heterocycles. The highest BCUT2D eigenvalue weighted by atomic mass is 16.5. The van der Waals surface area contributed by atoms with Gasteiger partial charge >= 0.3 is 0 Å². The van der Waals surface area contributed by atoms with Gasteiger partial charge in [0.15, 0.2) is 5.82 Å². The smallest absolute Gasteiger partial charge is 0.249 e. The van der Waals surface area contributed by atoms with Crippen LogP contribution in [0.4, 0.5) is 23.4 Å². The van der Waals surface area contributed by atoms with Gasteiger partial charge in [0.2, 0.25) is 11.9 Å². The zero-order valence-electron chi connectivity index (χ0n) is 15.6. The van der Waals surface area contributed by atoms with Gasteiger partial charge in [0.1, 0.15) is 17.9 Å². The van der Waals surface area contributed by atoms with E-state index in [0.717, 1.165) is 37.4 Å². The van der Waals surface area contributed by atoms with Gasteiger partial charge < -0.3 is 26.4 Å². The van der Waals surface area contributed by atoms with Crippen LogP contribution in [-0.4, -0.2) is 51.0 Å². The van der Waals surface area contributed by atoms with E-state index in [2.05, 4.69) is 36.0 Å². The number of benzene rings is 1. The van der Waals surface area contributed by atoms with Crippen molar-refractivity contribution in [1.29, 1.82) is 0 Å². The molecule has 1 saturated heterocycles. The molecule has 0 saturated carbocycles. The molecule has 1 aliphatic heterocycles. The second-order valence-electron chi connectivity index (χ2n) is 6.46. The largest absolute Gasteiger partial charge is 0.495 e. The van der Waals surface area contributed by atoms with Gasteiger partial charge in [-0.05, 0) is 38.1 Å². The maximum absolute atomic E-state index is 6.06. The highest BCUT2D eigenvalue weighted by molar-refractivity contribution is 5.63. The van der Waals surface area contributed by atoms with Crippen molar-refractivity contribution in [3.63, 3.8) is 0 Å². The van der Waals surface area contributed by atoms with Crippen molar-refractivity contribution in [2.75, 3.05) is 36.6 Å². The molecule has 1 fully saturated rings. The number of aromatic nitrogens is 5. The molecule has 0 atom stereocenters. The molecule has 0 spiro atoms. The summed E-state index contributed by atoms with van der Waals surface area (Å²) in [5.74, 6) is 2.56. The van der Waals surface area contributed by atoms with Crippen LogP contribution in [0.15, 0.2) is 36.7 Å². The fourth-order valence-corrected chi connectivity index (χ4v) is 3.13. The first-order chi connectivity index (χ1) is 13.7. The summed E-state index contributed by atoms with van der Waals surface area (Å²) in [6.45, 7) is 2.01. The molecule has 2 aromatic heterocycles. The van der Waals surface area contributed by atoms with Crippen LogP contribution in [0, 0.1) is 0 Å². The molecule has 0 radical (unpaired) electrons.